The van der Waals surface area contributed by atoms with Gasteiger partial charge in [0.15, 0.2) is 0 Å². The molecule has 0 heterocycles. The second-order valence-corrected chi connectivity index (χ2v) is 3.95. The monoisotopic (exact) mass is 250 g/mol. The molecule has 0 unspecified atom stereocenters. The number of rotatable bonds is 0. The van der Waals surface area contributed by atoms with Crippen LogP contribution >= 0.6 is 0 Å². The summed E-state index contributed by atoms with van der Waals surface area (Å²) in [6, 6.07) is 8.39. The minimum Gasteiger partial charge on any atom is -1.00 e. The van der Waals surface area contributed by atoms with Gasteiger partial charge in [0.05, 0.1) is 0 Å². The summed E-state index contributed by atoms with van der Waals surface area (Å²) in [5, 5.41) is 0. The van der Waals surface area contributed by atoms with Gasteiger partial charge in [-0.15, -0.1) is 12.1 Å². The van der Waals surface area contributed by atoms with Crippen molar-refractivity contribution in [3.05, 3.63) is 42.3 Å². The van der Waals surface area contributed by atoms with E-state index in [0.717, 1.165) is 5.56 Å². The molecule has 0 aliphatic carbocycles. The van der Waals surface area contributed by atoms with Crippen molar-refractivity contribution in [2.24, 2.45) is 0 Å². The quantitative estimate of drug-likeness (QED) is 0.442. The van der Waals surface area contributed by atoms with Crippen molar-refractivity contribution in [3.8, 4) is 0 Å². The minimum absolute atomic E-state index is 0. The Hall–Kier alpha value is 0.336. The molecule has 0 saturated carbocycles. The smallest absolute Gasteiger partial charge is 1.00 e. The van der Waals surface area contributed by atoms with E-state index in [4.69, 9.17) is 0 Å². The van der Waals surface area contributed by atoms with Gasteiger partial charge in [0, 0.05) is 0 Å². The second kappa shape index (κ2) is 5.94. The standard InChI is InChI=1S/C11H15.BrH.Mg/c1-9-5-7-10(8-6-9)11(2,3)4;;/h5-8H,1H2,2-4H3;1H;/q-1;;+2/p-1. The Morgan fingerprint density at radius 3 is 1.69 bits per heavy atom. The van der Waals surface area contributed by atoms with Crippen LogP contribution in [0.5, 0.6) is 0 Å². The molecule has 2 heteroatoms. The molecule has 0 bridgehead atoms. The topological polar surface area (TPSA) is 0 Å². The Balaban J connectivity index is 0. The molecule has 68 valence electrons. The number of halogens is 1. The van der Waals surface area contributed by atoms with Crippen LogP contribution in [0.2, 0.25) is 0 Å². The van der Waals surface area contributed by atoms with Crippen molar-refractivity contribution in [1.82, 2.24) is 0 Å². The van der Waals surface area contributed by atoms with Gasteiger partial charge in [0.25, 0.3) is 0 Å². The van der Waals surface area contributed by atoms with Crippen LogP contribution in [0.3, 0.4) is 0 Å². The van der Waals surface area contributed by atoms with Gasteiger partial charge < -0.3 is 17.0 Å². The van der Waals surface area contributed by atoms with Gasteiger partial charge in [0.2, 0.25) is 0 Å². The van der Waals surface area contributed by atoms with E-state index >= 15 is 0 Å². The van der Waals surface area contributed by atoms with Crippen LogP contribution in [0.4, 0.5) is 0 Å². The first-order chi connectivity index (χ1) is 5.00. The summed E-state index contributed by atoms with van der Waals surface area (Å²) in [5.41, 5.74) is 2.70. The third-order valence-corrected chi connectivity index (χ3v) is 1.82. The first-order valence-electron chi connectivity index (χ1n) is 3.92. The Kier molecular flexibility index (Phi) is 7.22. The van der Waals surface area contributed by atoms with Gasteiger partial charge in [-0.3, -0.25) is 0 Å². The molecule has 0 radical (unpaired) electrons. The van der Waals surface area contributed by atoms with E-state index in [-0.39, 0.29) is 45.4 Å². The van der Waals surface area contributed by atoms with Crippen LogP contribution < -0.4 is 17.0 Å². The molecule has 1 aromatic rings. The van der Waals surface area contributed by atoms with E-state index < -0.39 is 0 Å². The van der Waals surface area contributed by atoms with E-state index in [1.807, 2.05) is 0 Å². The summed E-state index contributed by atoms with van der Waals surface area (Å²) >= 11 is 0. The molecule has 1 aromatic carbocycles. The van der Waals surface area contributed by atoms with Gasteiger partial charge in [-0.1, -0.05) is 26.3 Å². The van der Waals surface area contributed by atoms with E-state index in [1.165, 1.54) is 5.56 Å². The number of benzene rings is 1. The Morgan fingerprint density at radius 2 is 1.38 bits per heavy atom. The molecule has 0 atom stereocenters. The normalized spacial score (nSPS) is 9.77. The van der Waals surface area contributed by atoms with Gasteiger partial charge >= 0.3 is 23.1 Å². The average molecular weight is 251 g/mol. The SMILES string of the molecule is [Br-].[CH2-]c1ccc(C(C)(C)C)cc1.[Mg+2]. The molecule has 0 nitrogen and oxygen atoms in total. The van der Waals surface area contributed by atoms with E-state index in [9.17, 15) is 0 Å². The van der Waals surface area contributed by atoms with Crippen LogP contribution in [0.25, 0.3) is 0 Å². The van der Waals surface area contributed by atoms with Crippen molar-refractivity contribution < 1.29 is 17.0 Å². The van der Waals surface area contributed by atoms with Crippen molar-refractivity contribution in [2.75, 3.05) is 0 Å². The molecular formula is C11H15BrMg. The first-order valence-corrected chi connectivity index (χ1v) is 3.92. The molecule has 0 aromatic heterocycles. The molecule has 0 saturated heterocycles. The second-order valence-electron chi connectivity index (χ2n) is 3.95. The first kappa shape index (κ1) is 15.8. The predicted octanol–water partition coefficient (Wildman–Crippen LogP) is -0.211. The van der Waals surface area contributed by atoms with E-state index in [1.54, 1.807) is 0 Å². The molecule has 0 amide bonds. The zero-order valence-electron chi connectivity index (χ0n) is 8.60. The maximum atomic E-state index is 3.84. The largest absolute Gasteiger partial charge is 2.00 e. The minimum atomic E-state index is 0. The summed E-state index contributed by atoms with van der Waals surface area (Å²) in [7, 11) is 0. The predicted molar refractivity (Wildman–Crippen MR) is 55.4 cm³/mol. The van der Waals surface area contributed by atoms with Crippen LogP contribution in [0, 0.1) is 6.92 Å². The van der Waals surface area contributed by atoms with Gasteiger partial charge in [-0.25, -0.2) is 0 Å². The Labute approximate surface area is 108 Å². The zero-order valence-corrected chi connectivity index (χ0v) is 11.6. The summed E-state index contributed by atoms with van der Waals surface area (Å²) < 4.78 is 0. The average Bonchev–Trinajstić information content (AvgIpc) is 1.86. The zero-order chi connectivity index (χ0) is 8.48. The van der Waals surface area contributed by atoms with Gasteiger partial charge in [-0.2, -0.15) is 24.6 Å². The summed E-state index contributed by atoms with van der Waals surface area (Å²) in [6.45, 7) is 10.5. The number of hydrogen-bond acceptors (Lipinski definition) is 0. The number of hydrogen-bond donors (Lipinski definition) is 0. The molecule has 0 N–H and O–H groups in total. The van der Waals surface area contributed by atoms with Crippen molar-refractivity contribution in [1.29, 1.82) is 0 Å². The summed E-state index contributed by atoms with van der Waals surface area (Å²) in [5.74, 6) is 0. The molecule has 13 heavy (non-hydrogen) atoms. The Morgan fingerprint density at radius 1 is 1.00 bits per heavy atom. The fourth-order valence-corrected chi connectivity index (χ4v) is 1.00. The van der Waals surface area contributed by atoms with Crippen LogP contribution in [-0.2, 0) is 5.41 Å². The van der Waals surface area contributed by atoms with E-state index in [0.29, 0.717) is 0 Å². The summed E-state index contributed by atoms with van der Waals surface area (Å²) in [6.07, 6.45) is 0. The van der Waals surface area contributed by atoms with Crippen molar-refractivity contribution >= 4 is 23.1 Å². The molecule has 0 spiro atoms. The van der Waals surface area contributed by atoms with Gasteiger partial charge in [0.1, 0.15) is 0 Å². The van der Waals surface area contributed by atoms with Crippen molar-refractivity contribution in [3.63, 3.8) is 0 Å². The van der Waals surface area contributed by atoms with Crippen molar-refractivity contribution in [2.45, 2.75) is 26.2 Å². The summed E-state index contributed by atoms with van der Waals surface area (Å²) in [4.78, 5) is 0. The fourth-order valence-electron chi connectivity index (χ4n) is 1.00. The third kappa shape index (κ3) is 4.94. The molecule has 1 rings (SSSR count). The Bertz CT molecular complexity index is 233. The maximum absolute atomic E-state index is 3.84. The van der Waals surface area contributed by atoms with E-state index in [2.05, 4.69) is 52.0 Å². The fraction of sp³-hybridized carbons (Fsp3) is 0.364. The molecule has 0 fully saturated rings. The molecule has 0 aliphatic rings. The van der Waals surface area contributed by atoms with Crippen LogP contribution in [-0.4, -0.2) is 23.1 Å². The molecule has 0 aliphatic heterocycles. The van der Waals surface area contributed by atoms with Gasteiger partial charge in [-0.05, 0) is 5.41 Å². The van der Waals surface area contributed by atoms with Crippen LogP contribution in [0.1, 0.15) is 31.9 Å². The maximum Gasteiger partial charge on any atom is 2.00 e. The molecular weight excluding hydrogens is 236 g/mol. The third-order valence-electron chi connectivity index (χ3n) is 1.82. The van der Waals surface area contributed by atoms with Crippen LogP contribution in [0.15, 0.2) is 24.3 Å².